The van der Waals surface area contributed by atoms with Crippen LogP contribution in [0.15, 0.2) is 23.1 Å². The van der Waals surface area contributed by atoms with Crippen molar-refractivity contribution in [3.05, 3.63) is 29.3 Å². The van der Waals surface area contributed by atoms with Gasteiger partial charge in [0.2, 0.25) is 10.0 Å². The molecule has 0 spiro atoms. The van der Waals surface area contributed by atoms with E-state index in [9.17, 15) is 13.2 Å². The zero-order valence-electron chi connectivity index (χ0n) is 17.4. The number of piperidine rings is 1. The van der Waals surface area contributed by atoms with Gasteiger partial charge in [-0.05, 0) is 62.8 Å². The number of nitrogens with zero attached hydrogens (tertiary/aromatic N) is 2. The lowest BCUT2D eigenvalue weighted by molar-refractivity contribution is -0.896. The fraction of sp³-hybridized carbons (Fsp3) is 0.667. The van der Waals surface area contributed by atoms with Crippen molar-refractivity contribution < 1.29 is 18.1 Å². The molecule has 1 aromatic rings. The molecular formula is C21H34N3O3S+. The lowest BCUT2D eigenvalue weighted by atomic mass is 10.00. The maximum Gasteiger partial charge on any atom is 0.278 e. The predicted octanol–water partition coefficient (Wildman–Crippen LogP) is 0.984. The fourth-order valence-electron chi connectivity index (χ4n) is 4.31. The van der Waals surface area contributed by atoms with Gasteiger partial charge in [-0.2, -0.15) is 4.31 Å². The molecule has 1 amide bonds. The minimum absolute atomic E-state index is 0.229. The molecule has 3 rings (SSSR count). The summed E-state index contributed by atoms with van der Waals surface area (Å²) in [5, 5.41) is 0. The Morgan fingerprint density at radius 2 is 1.82 bits per heavy atom. The molecule has 2 fully saturated rings. The first-order valence-electron chi connectivity index (χ1n) is 10.5. The minimum atomic E-state index is -3.46. The van der Waals surface area contributed by atoms with Crippen molar-refractivity contribution in [1.82, 2.24) is 9.21 Å². The van der Waals surface area contributed by atoms with E-state index in [4.69, 9.17) is 0 Å². The molecule has 2 aliphatic rings. The summed E-state index contributed by atoms with van der Waals surface area (Å²) in [5.41, 5.74) is 2.08. The highest BCUT2D eigenvalue weighted by molar-refractivity contribution is 7.89. The van der Waals surface area contributed by atoms with E-state index in [2.05, 4.69) is 11.8 Å². The van der Waals surface area contributed by atoms with Crippen LogP contribution in [0, 0.1) is 13.8 Å². The largest absolute Gasteiger partial charge is 0.335 e. The lowest BCUT2D eigenvalue weighted by Crippen LogP contribution is -3.15. The van der Waals surface area contributed by atoms with Gasteiger partial charge < -0.3 is 9.80 Å². The quantitative estimate of drug-likeness (QED) is 0.790. The maximum absolute atomic E-state index is 13.0. The van der Waals surface area contributed by atoms with Gasteiger partial charge in [0.05, 0.1) is 31.1 Å². The Hall–Kier alpha value is -1.44. The van der Waals surface area contributed by atoms with Crippen LogP contribution in [0.5, 0.6) is 0 Å². The average molecular weight is 409 g/mol. The van der Waals surface area contributed by atoms with Gasteiger partial charge in [0, 0.05) is 12.6 Å². The third-order valence-corrected chi connectivity index (χ3v) is 8.26. The summed E-state index contributed by atoms with van der Waals surface area (Å²) in [4.78, 5) is 16.4. The van der Waals surface area contributed by atoms with Crippen LogP contribution in [0.1, 0.15) is 43.7 Å². The first-order chi connectivity index (χ1) is 13.3. The van der Waals surface area contributed by atoms with Crippen LogP contribution in [0.2, 0.25) is 0 Å². The molecule has 0 aliphatic carbocycles. The van der Waals surface area contributed by atoms with Gasteiger partial charge in [0.25, 0.3) is 5.91 Å². The van der Waals surface area contributed by atoms with E-state index in [1.165, 1.54) is 11.3 Å². The number of hydrogen-bond donors (Lipinski definition) is 1. The summed E-state index contributed by atoms with van der Waals surface area (Å²) in [6.45, 7) is 9.72. The van der Waals surface area contributed by atoms with Crippen LogP contribution in [0.25, 0.3) is 0 Å². The van der Waals surface area contributed by atoms with Gasteiger partial charge in [-0.3, -0.25) is 4.79 Å². The van der Waals surface area contributed by atoms with E-state index in [0.29, 0.717) is 43.7 Å². The zero-order chi connectivity index (χ0) is 20.3. The van der Waals surface area contributed by atoms with Crippen LogP contribution < -0.4 is 4.90 Å². The van der Waals surface area contributed by atoms with Gasteiger partial charge in [-0.15, -0.1) is 0 Å². The molecule has 0 unspecified atom stereocenters. The van der Waals surface area contributed by atoms with Crippen LogP contribution in [-0.4, -0.2) is 68.8 Å². The Balaban J connectivity index is 1.58. The molecule has 0 bridgehead atoms. The lowest BCUT2D eigenvalue weighted by Gasteiger charge is -2.37. The number of amides is 1. The molecule has 2 aliphatic heterocycles. The molecule has 156 valence electrons. The van der Waals surface area contributed by atoms with Crippen molar-refractivity contribution in [2.45, 2.75) is 57.4 Å². The van der Waals surface area contributed by atoms with Gasteiger partial charge in [-0.1, -0.05) is 13.0 Å². The van der Waals surface area contributed by atoms with Crippen molar-refractivity contribution in [2.75, 3.05) is 39.3 Å². The number of sulfonamides is 1. The SMILES string of the molecule is CC[C@H]1CCCCN1C(=O)C[NH+]1CCN(S(=O)(=O)c2ccc(C)c(C)c2)CC1. The Bertz CT molecular complexity index is 801. The molecule has 1 atom stereocenters. The second-order valence-electron chi connectivity index (χ2n) is 8.22. The third kappa shape index (κ3) is 4.58. The number of likely N-dealkylation sites (tertiary alicyclic amines) is 1. The first kappa shape index (κ1) is 21.3. The fourth-order valence-corrected chi connectivity index (χ4v) is 5.84. The highest BCUT2D eigenvalue weighted by atomic mass is 32.2. The van der Waals surface area contributed by atoms with E-state index < -0.39 is 10.0 Å². The van der Waals surface area contributed by atoms with E-state index >= 15 is 0 Å². The van der Waals surface area contributed by atoms with Crippen molar-refractivity contribution in [3.63, 3.8) is 0 Å². The molecule has 1 N–H and O–H groups in total. The summed E-state index contributed by atoms with van der Waals surface area (Å²) in [5.74, 6) is 0.229. The molecule has 28 heavy (non-hydrogen) atoms. The van der Waals surface area contributed by atoms with E-state index in [0.717, 1.165) is 36.9 Å². The van der Waals surface area contributed by atoms with Gasteiger partial charge in [0.15, 0.2) is 6.54 Å². The minimum Gasteiger partial charge on any atom is -0.335 e. The highest BCUT2D eigenvalue weighted by Gasteiger charge is 2.33. The second-order valence-corrected chi connectivity index (χ2v) is 10.2. The number of aryl methyl sites for hydroxylation is 2. The summed E-state index contributed by atoms with van der Waals surface area (Å²) in [6.07, 6.45) is 4.44. The summed E-state index contributed by atoms with van der Waals surface area (Å²) >= 11 is 0. The van der Waals surface area contributed by atoms with E-state index in [1.54, 1.807) is 16.4 Å². The van der Waals surface area contributed by atoms with Crippen molar-refractivity contribution >= 4 is 15.9 Å². The number of nitrogens with one attached hydrogen (secondary N) is 1. The number of piperazine rings is 1. The standard InChI is InChI=1S/C21H33N3O3S/c1-4-19-7-5-6-10-24(19)21(25)16-22-11-13-23(14-12-22)28(26,27)20-9-8-17(2)18(3)15-20/h8-9,15,19H,4-7,10-14,16H2,1-3H3/p+1/t19-/m0/s1. The van der Waals surface area contributed by atoms with Crippen LogP contribution >= 0.6 is 0 Å². The van der Waals surface area contributed by atoms with E-state index in [-0.39, 0.29) is 5.91 Å². The second kappa shape index (κ2) is 8.93. The van der Waals surface area contributed by atoms with Gasteiger partial charge >= 0.3 is 0 Å². The molecule has 0 aromatic heterocycles. The zero-order valence-corrected chi connectivity index (χ0v) is 18.2. The Morgan fingerprint density at radius 1 is 1.11 bits per heavy atom. The molecule has 0 radical (unpaired) electrons. The Morgan fingerprint density at radius 3 is 2.46 bits per heavy atom. The summed E-state index contributed by atoms with van der Waals surface area (Å²) in [7, 11) is -3.46. The number of rotatable bonds is 5. The number of benzene rings is 1. The molecule has 0 saturated carbocycles. The van der Waals surface area contributed by atoms with Crippen LogP contribution in [0.4, 0.5) is 0 Å². The van der Waals surface area contributed by atoms with Crippen molar-refractivity contribution in [3.8, 4) is 0 Å². The Labute approximate surface area is 169 Å². The summed E-state index contributed by atoms with van der Waals surface area (Å²) in [6, 6.07) is 5.70. The van der Waals surface area contributed by atoms with Crippen molar-refractivity contribution in [1.29, 1.82) is 0 Å². The number of carbonyl (C=O) groups is 1. The molecular weight excluding hydrogens is 374 g/mol. The summed E-state index contributed by atoms with van der Waals surface area (Å²) < 4.78 is 27.5. The Kier molecular flexibility index (Phi) is 6.78. The maximum atomic E-state index is 13.0. The molecule has 6 nitrogen and oxygen atoms in total. The number of quaternary nitrogens is 1. The van der Waals surface area contributed by atoms with Crippen LogP contribution in [0.3, 0.4) is 0 Å². The third-order valence-electron chi connectivity index (χ3n) is 6.37. The van der Waals surface area contributed by atoms with Crippen LogP contribution in [-0.2, 0) is 14.8 Å². The molecule has 7 heteroatoms. The highest BCUT2D eigenvalue weighted by Crippen LogP contribution is 2.20. The molecule has 2 heterocycles. The first-order valence-corrected chi connectivity index (χ1v) is 12.0. The van der Waals surface area contributed by atoms with E-state index in [1.807, 2.05) is 19.9 Å². The average Bonchev–Trinajstić information content (AvgIpc) is 2.70. The van der Waals surface area contributed by atoms with Gasteiger partial charge in [0.1, 0.15) is 0 Å². The number of hydrogen-bond acceptors (Lipinski definition) is 3. The van der Waals surface area contributed by atoms with Gasteiger partial charge in [-0.25, -0.2) is 8.42 Å². The molecule has 1 aromatic carbocycles. The monoisotopic (exact) mass is 408 g/mol. The number of carbonyl (C=O) groups excluding carboxylic acids is 1. The molecule has 2 saturated heterocycles. The predicted molar refractivity (Wildman–Crippen MR) is 110 cm³/mol. The topological polar surface area (TPSA) is 62.1 Å². The normalized spacial score (nSPS) is 22.4. The smallest absolute Gasteiger partial charge is 0.278 e. The van der Waals surface area contributed by atoms with Crippen molar-refractivity contribution in [2.24, 2.45) is 0 Å².